The molecule has 10 rings (SSSR count). The van der Waals surface area contributed by atoms with Gasteiger partial charge in [0.15, 0.2) is 0 Å². The van der Waals surface area contributed by atoms with Crippen LogP contribution in [-0.2, 0) is 42.0 Å². The van der Waals surface area contributed by atoms with Crippen molar-refractivity contribution in [2.75, 3.05) is 14.2 Å². The number of hydrogen-bond acceptors (Lipinski definition) is 14. The van der Waals surface area contributed by atoms with Crippen LogP contribution in [-0.4, -0.2) is 37.7 Å². The molecule has 0 radical (unpaired) electrons. The number of fused-ring (bicyclic) bond motifs is 6. The average molecular weight is 1510 g/mol. The quantitative estimate of drug-likeness (QED) is 0.0939. The van der Waals surface area contributed by atoms with Gasteiger partial charge in [-0.15, -0.1) is 0 Å². The molecule has 580 valence electrons. The first kappa shape index (κ1) is 83.3. The molecule has 0 bridgehead atoms. The maximum absolute atomic E-state index is 13.5. The van der Waals surface area contributed by atoms with E-state index in [-0.39, 0.29) is 27.1 Å². The summed E-state index contributed by atoms with van der Waals surface area (Å²) in [6.07, 6.45) is -1.54. The summed E-state index contributed by atoms with van der Waals surface area (Å²) >= 11 is 0. The van der Waals surface area contributed by atoms with Crippen molar-refractivity contribution >= 4 is 72.7 Å². The highest BCUT2D eigenvalue weighted by atomic mass is 31.1. The number of aryl methyl sites for hydroxylation is 8. The van der Waals surface area contributed by atoms with Gasteiger partial charge >= 0.3 is 28.8 Å². The molecule has 0 saturated heterocycles. The molecular weight excluding hydrogens is 1390 g/mol. The van der Waals surface area contributed by atoms with E-state index in [2.05, 4.69) is 247 Å². The summed E-state index contributed by atoms with van der Waals surface area (Å²) in [5, 5.41) is 3.61. The van der Waals surface area contributed by atoms with Crippen molar-refractivity contribution in [2.24, 2.45) is 0 Å². The minimum absolute atomic E-state index is 0.323. The first-order valence-electron chi connectivity index (χ1n) is 37.3. The molecule has 0 amide bonds. The van der Waals surface area contributed by atoms with E-state index in [1.165, 1.54) is 0 Å². The largest absolute Gasteiger partial charge is 0.514 e. The Labute approximate surface area is 644 Å². The van der Waals surface area contributed by atoms with E-state index < -0.39 is 45.4 Å². The van der Waals surface area contributed by atoms with Crippen molar-refractivity contribution < 1.29 is 63.8 Å². The molecule has 0 atom stereocenters. The number of benzene rings is 8. The lowest BCUT2D eigenvalue weighted by atomic mass is 9.80. The summed E-state index contributed by atoms with van der Waals surface area (Å²) < 4.78 is 77.8. The Morgan fingerprint density at radius 1 is 0.287 bits per heavy atom. The first-order valence-corrected chi connectivity index (χ1v) is 39.5. The third-order valence-electron chi connectivity index (χ3n) is 18.5. The topological polar surface area (TPSA) is 161 Å². The van der Waals surface area contributed by atoms with Crippen LogP contribution in [0.25, 0.3) is 66.1 Å². The Hall–Kier alpha value is -8.70. The Balaban J connectivity index is 0.000000252. The van der Waals surface area contributed by atoms with Crippen molar-refractivity contribution in [1.82, 2.24) is 0 Å². The highest BCUT2D eigenvalue weighted by Gasteiger charge is 2.36. The van der Waals surface area contributed by atoms with Crippen LogP contribution in [0.1, 0.15) is 244 Å². The van der Waals surface area contributed by atoms with E-state index in [9.17, 15) is 9.59 Å². The molecule has 16 heteroatoms. The molecule has 0 saturated carbocycles. The molecule has 2 heterocycles. The number of carbonyl (C=O) groups excluding carboxylic acids is 2. The minimum atomic E-state index is -2.18. The van der Waals surface area contributed by atoms with Gasteiger partial charge in [-0.05, 0) is 235 Å². The maximum atomic E-state index is 13.5. The maximum Gasteiger partial charge on any atom is 0.514 e. The molecular formula is C92H118O14P2. The van der Waals surface area contributed by atoms with Crippen LogP contribution < -0.4 is 28.0 Å². The fourth-order valence-electron chi connectivity index (χ4n) is 13.5. The summed E-state index contributed by atoms with van der Waals surface area (Å²) in [7, 11) is -0.821. The Bertz CT molecular complexity index is 5060. The van der Waals surface area contributed by atoms with Crippen LogP contribution in [0.4, 0.5) is 9.59 Å². The van der Waals surface area contributed by atoms with E-state index in [1.807, 2.05) is 71.9 Å². The van der Waals surface area contributed by atoms with Crippen LogP contribution in [0.3, 0.4) is 0 Å². The smallest absolute Gasteiger partial charge is 0.497 e. The van der Waals surface area contributed by atoms with Gasteiger partial charge in [0.05, 0.1) is 14.2 Å². The highest BCUT2D eigenvalue weighted by molar-refractivity contribution is 7.32. The summed E-state index contributed by atoms with van der Waals surface area (Å²) in [6, 6.07) is 33.3. The predicted molar refractivity (Wildman–Crippen MR) is 445 cm³/mol. The van der Waals surface area contributed by atoms with Gasteiger partial charge in [0.2, 0.25) is 0 Å². The lowest BCUT2D eigenvalue weighted by Crippen LogP contribution is -2.27. The SMILES string of the molecule is COc1cc(C(C)(C)C)c2op(Oc3c(-c4cc(C)cc(C(C)(C)C)c4OC(=O)OC(C)(C)C)cc(C)cc3C(C)(C)C)oc3c(C(C)(C)C)cc(OC)cc3c2c1.Cc1cc(-c2cc(C)cc(C(C)(C)C)c2Op2oc3c(C)cc(C)cc3c3cc(C)cc(C)c3o2)c(OC(=O)OC(C)(C)C)c(C(C)(C)C)c1. The van der Waals surface area contributed by atoms with Gasteiger partial charge in [-0.3, -0.25) is 0 Å². The molecule has 0 unspecified atom stereocenters. The molecule has 0 aliphatic carbocycles. The highest BCUT2D eigenvalue weighted by Crippen LogP contribution is 2.55. The Morgan fingerprint density at radius 3 is 0.787 bits per heavy atom. The monoisotopic (exact) mass is 1510 g/mol. The number of carbonyl (C=O) groups is 2. The van der Waals surface area contributed by atoms with Crippen molar-refractivity contribution in [3.63, 3.8) is 0 Å². The zero-order chi connectivity index (χ0) is 80.6. The zero-order valence-electron chi connectivity index (χ0n) is 70.8. The normalized spacial score (nSPS) is 12.6. The van der Waals surface area contributed by atoms with Gasteiger partial charge in [0.25, 0.3) is 0 Å². The lowest BCUT2D eigenvalue weighted by molar-refractivity contribution is 0.0190. The zero-order valence-corrected chi connectivity index (χ0v) is 72.6. The molecule has 14 nitrogen and oxygen atoms in total. The fraction of sp³-hybridized carbons (Fsp3) is 0.457. The number of hydrogen-bond donors (Lipinski definition) is 0. The molecule has 0 aliphatic heterocycles. The molecule has 10 aromatic rings. The van der Waals surface area contributed by atoms with Gasteiger partial charge < -0.3 is 54.3 Å². The first-order chi connectivity index (χ1) is 49.5. The standard InChI is InChI=1S/C49H65O8P.C43H53O6P/c1-28-20-32(40(36(22-28)45(3,4)5)53-44(50)54-49(15,16)17)33-21-29(2)23-37(46(6,7)8)41(33)55-58-56-42-34(24-30(51-18)26-38(42)47(9,10)11)35-25-31(52-19)27-39(43(35)57-58)48(12,13)14;1-24-16-28(5)36-30(18-24)31-19-25(2)17-29(6)37(31)48-50(47-36)49-39-33(21-27(4)23-35(39)42(10,11)12)32-20-26(3)22-34(41(7,8)9)38(32)45-40(44)46-43(13,14)15/h20-27H,1-19H3;16-23H,1-15H3. The Morgan fingerprint density at radius 2 is 0.528 bits per heavy atom. The van der Waals surface area contributed by atoms with Crippen LogP contribution in [0.15, 0.2) is 114 Å². The molecule has 8 aromatic carbocycles. The molecule has 0 spiro atoms. The number of ether oxygens (including phenoxy) is 6. The van der Waals surface area contributed by atoms with Gasteiger partial charge in [0, 0.05) is 77.2 Å². The summed E-state index contributed by atoms with van der Waals surface area (Å²) in [6.45, 7) is 66.1. The minimum Gasteiger partial charge on any atom is -0.497 e. The van der Waals surface area contributed by atoms with Crippen LogP contribution >= 0.6 is 16.5 Å². The molecule has 0 aliphatic rings. The average Bonchev–Trinajstić information content (AvgIpc) is 1.35. The second kappa shape index (κ2) is 30.3. The van der Waals surface area contributed by atoms with Crippen molar-refractivity contribution in [3.05, 3.63) is 175 Å². The van der Waals surface area contributed by atoms with Gasteiger partial charge in [-0.2, -0.15) is 0 Å². The Kier molecular flexibility index (Phi) is 23.4. The second-order valence-corrected chi connectivity index (χ2v) is 39.4. The van der Waals surface area contributed by atoms with E-state index in [4.69, 9.17) is 54.3 Å². The van der Waals surface area contributed by atoms with Crippen molar-refractivity contribution in [2.45, 2.75) is 265 Å². The van der Waals surface area contributed by atoms with Crippen molar-refractivity contribution in [1.29, 1.82) is 0 Å². The van der Waals surface area contributed by atoms with Crippen LogP contribution in [0.5, 0.6) is 34.5 Å². The lowest BCUT2D eigenvalue weighted by Gasteiger charge is -2.28. The van der Waals surface area contributed by atoms with E-state index in [0.29, 0.717) is 51.2 Å². The van der Waals surface area contributed by atoms with E-state index >= 15 is 0 Å². The molecule has 108 heavy (non-hydrogen) atoms. The number of methoxy groups -OCH3 is 2. The van der Waals surface area contributed by atoms with Crippen molar-refractivity contribution in [3.8, 4) is 56.8 Å². The molecule has 2 aromatic heterocycles. The summed E-state index contributed by atoms with van der Waals surface area (Å²) in [4.78, 5) is 26.9. The second-order valence-electron chi connectivity index (χ2n) is 37.4. The van der Waals surface area contributed by atoms with E-state index in [0.717, 1.165) is 127 Å². The summed E-state index contributed by atoms with van der Waals surface area (Å²) in [5.74, 6) is 3.45. The van der Waals surface area contributed by atoms with Crippen LogP contribution in [0.2, 0.25) is 0 Å². The third kappa shape index (κ3) is 19.1. The predicted octanol–water partition coefficient (Wildman–Crippen LogP) is 28.5. The van der Waals surface area contributed by atoms with Gasteiger partial charge in [-0.25, -0.2) is 9.59 Å². The molecule has 0 fully saturated rings. The summed E-state index contributed by atoms with van der Waals surface area (Å²) in [5.41, 5.74) is 16.1. The van der Waals surface area contributed by atoms with Gasteiger partial charge in [0.1, 0.15) is 68.0 Å². The van der Waals surface area contributed by atoms with Crippen LogP contribution in [0, 0.1) is 55.4 Å². The van der Waals surface area contributed by atoms with Gasteiger partial charge in [-0.1, -0.05) is 161 Å². The third-order valence-corrected chi connectivity index (χ3v) is 20.5. The fourth-order valence-corrected chi connectivity index (χ4v) is 15.9. The van der Waals surface area contributed by atoms with E-state index in [1.54, 1.807) is 14.2 Å². The molecule has 0 N–H and O–H groups in total. The number of rotatable bonds is 10.